The number of anilines is 2. The summed E-state index contributed by atoms with van der Waals surface area (Å²) in [5, 5.41) is 2.68. The maximum Gasteiger partial charge on any atom is 0.243 e. The summed E-state index contributed by atoms with van der Waals surface area (Å²) in [6.07, 6.45) is 0. The Hall–Kier alpha value is -1.29. The Labute approximate surface area is 91.8 Å². The molecule has 0 saturated carbocycles. The zero-order valence-electron chi connectivity index (χ0n) is 8.18. The predicted molar refractivity (Wildman–Crippen MR) is 57.9 cm³/mol. The minimum atomic E-state index is -0.468. The second-order valence-electron chi connectivity index (χ2n) is 3.35. The van der Waals surface area contributed by atoms with Gasteiger partial charge in [0.1, 0.15) is 5.82 Å². The molecular weight excluding hydrogens is 219 g/mol. The van der Waals surface area contributed by atoms with Gasteiger partial charge in [-0.3, -0.25) is 4.79 Å². The molecule has 1 aromatic carbocycles. The smallest absolute Gasteiger partial charge is 0.243 e. The topological polar surface area (TPSA) is 32.3 Å². The second kappa shape index (κ2) is 3.70. The molecule has 0 bridgehead atoms. The van der Waals surface area contributed by atoms with E-state index in [1.54, 1.807) is 4.90 Å². The molecule has 1 aliphatic rings. The van der Waals surface area contributed by atoms with Gasteiger partial charge in [-0.25, -0.2) is 4.39 Å². The SMILES string of the molecule is CCN1CC(=O)Nc2cc(Cl)c(F)cc21. The fourth-order valence-corrected chi connectivity index (χ4v) is 1.79. The van der Waals surface area contributed by atoms with Crippen LogP contribution in [0.5, 0.6) is 0 Å². The van der Waals surface area contributed by atoms with Gasteiger partial charge in [0.25, 0.3) is 0 Å². The summed E-state index contributed by atoms with van der Waals surface area (Å²) in [6.45, 7) is 2.82. The van der Waals surface area contributed by atoms with Gasteiger partial charge in [0.15, 0.2) is 0 Å². The van der Waals surface area contributed by atoms with Crippen LogP contribution in [0.15, 0.2) is 12.1 Å². The van der Waals surface area contributed by atoms with E-state index in [4.69, 9.17) is 11.6 Å². The standard InChI is InChI=1S/C10H10ClFN2O/c1-2-14-5-10(15)13-8-3-6(11)7(12)4-9(8)14/h3-4H,2,5H2,1H3,(H,13,15). The molecule has 2 rings (SSSR count). The molecule has 0 atom stereocenters. The number of nitrogens with one attached hydrogen (secondary N) is 1. The summed E-state index contributed by atoms with van der Waals surface area (Å²) in [5.74, 6) is -0.572. The number of halogens is 2. The van der Waals surface area contributed by atoms with Gasteiger partial charge >= 0.3 is 0 Å². The summed E-state index contributed by atoms with van der Waals surface area (Å²) in [4.78, 5) is 13.1. The molecule has 0 aromatic heterocycles. The first-order valence-corrected chi connectivity index (χ1v) is 5.03. The Bertz CT molecular complexity index is 422. The van der Waals surface area contributed by atoms with Crippen LogP contribution in [-0.2, 0) is 4.79 Å². The van der Waals surface area contributed by atoms with Crippen LogP contribution in [0.1, 0.15) is 6.92 Å². The normalized spacial score (nSPS) is 14.9. The number of nitrogens with zero attached hydrogens (tertiary/aromatic N) is 1. The fourth-order valence-electron chi connectivity index (χ4n) is 1.63. The summed E-state index contributed by atoms with van der Waals surface area (Å²) >= 11 is 5.64. The number of hydrogen-bond donors (Lipinski definition) is 1. The number of likely N-dealkylation sites (N-methyl/N-ethyl adjacent to an activating group) is 1. The van der Waals surface area contributed by atoms with Gasteiger partial charge in [0, 0.05) is 12.6 Å². The van der Waals surface area contributed by atoms with E-state index in [1.807, 2.05) is 6.92 Å². The van der Waals surface area contributed by atoms with E-state index in [1.165, 1.54) is 12.1 Å². The number of rotatable bonds is 1. The number of carbonyl (C=O) groups is 1. The quantitative estimate of drug-likeness (QED) is 0.800. The molecule has 3 nitrogen and oxygen atoms in total. The number of carbonyl (C=O) groups excluding carboxylic acids is 1. The van der Waals surface area contributed by atoms with Crippen molar-refractivity contribution in [2.24, 2.45) is 0 Å². The monoisotopic (exact) mass is 228 g/mol. The van der Waals surface area contributed by atoms with E-state index >= 15 is 0 Å². The first-order chi connectivity index (χ1) is 7.11. The predicted octanol–water partition coefficient (Wildman–Crippen LogP) is 2.26. The van der Waals surface area contributed by atoms with Crippen molar-refractivity contribution in [1.29, 1.82) is 0 Å². The van der Waals surface area contributed by atoms with Crippen LogP contribution in [0.3, 0.4) is 0 Å². The molecule has 0 fully saturated rings. The van der Waals surface area contributed by atoms with Crippen molar-refractivity contribution >= 4 is 28.9 Å². The lowest BCUT2D eigenvalue weighted by molar-refractivity contribution is -0.115. The maximum absolute atomic E-state index is 13.2. The first kappa shape index (κ1) is 10.2. The van der Waals surface area contributed by atoms with Gasteiger partial charge in [-0.05, 0) is 13.0 Å². The number of benzene rings is 1. The molecule has 5 heteroatoms. The van der Waals surface area contributed by atoms with Gasteiger partial charge in [0.2, 0.25) is 5.91 Å². The third kappa shape index (κ3) is 1.77. The minimum absolute atomic E-state index is 0.0204. The fraction of sp³-hybridized carbons (Fsp3) is 0.300. The van der Waals surface area contributed by atoms with Crippen LogP contribution >= 0.6 is 11.6 Å². The molecule has 1 N–H and O–H groups in total. The molecule has 1 amide bonds. The van der Waals surface area contributed by atoms with Crippen LogP contribution in [-0.4, -0.2) is 19.0 Å². The average molecular weight is 229 g/mol. The van der Waals surface area contributed by atoms with E-state index in [9.17, 15) is 9.18 Å². The molecule has 1 aliphatic heterocycles. The Morgan fingerprint density at radius 1 is 1.60 bits per heavy atom. The van der Waals surface area contributed by atoms with Crippen LogP contribution in [0.4, 0.5) is 15.8 Å². The lowest BCUT2D eigenvalue weighted by atomic mass is 10.2. The molecular formula is C10H10ClFN2O. The number of hydrogen-bond acceptors (Lipinski definition) is 2. The van der Waals surface area contributed by atoms with Crippen molar-refractivity contribution in [1.82, 2.24) is 0 Å². The molecule has 0 saturated heterocycles. The second-order valence-corrected chi connectivity index (χ2v) is 3.75. The first-order valence-electron chi connectivity index (χ1n) is 4.65. The van der Waals surface area contributed by atoms with Crippen molar-refractivity contribution in [2.75, 3.05) is 23.3 Å². The maximum atomic E-state index is 13.2. The third-order valence-corrected chi connectivity index (χ3v) is 2.66. The molecule has 0 unspecified atom stereocenters. The molecule has 0 radical (unpaired) electrons. The molecule has 15 heavy (non-hydrogen) atoms. The Balaban J connectivity index is 2.51. The van der Waals surface area contributed by atoms with Crippen molar-refractivity contribution < 1.29 is 9.18 Å². The summed E-state index contributed by atoms with van der Waals surface area (Å²) < 4.78 is 13.2. The van der Waals surface area contributed by atoms with Crippen LogP contribution in [0, 0.1) is 5.82 Å². The Morgan fingerprint density at radius 2 is 2.33 bits per heavy atom. The van der Waals surface area contributed by atoms with E-state index in [0.717, 1.165) is 0 Å². The highest BCUT2D eigenvalue weighted by atomic mass is 35.5. The number of amides is 1. The van der Waals surface area contributed by atoms with Crippen LogP contribution in [0.2, 0.25) is 5.02 Å². The van der Waals surface area contributed by atoms with E-state index in [0.29, 0.717) is 17.9 Å². The third-order valence-electron chi connectivity index (χ3n) is 2.37. The lowest BCUT2D eigenvalue weighted by Crippen LogP contribution is -2.38. The largest absolute Gasteiger partial charge is 0.361 e. The highest BCUT2D eigenvalue weighted by molar-refractivity contribution is 6.31. The van der Waals surface area contributed by atoms with Crippen LogP contribution < -0.4 is 10.2 Å². The van der Waals surface area contributed by atoms with E-state index in [-0.39, 0.29) is 17.5 Å². The van der Waals surface area contributed by atoms with Gasteiger partial charge in [-0.1, -0.05) is 11.6 Å². The van der Waals surface area contributed by atoms with Gasteiger partial charge < -0.3 is 10.2 Å². The van der Waals surface area contributed by atoms with E-state index in [2.05, 4.69) is 5.32 Å². The van der Waals surface area contributed by atoms with Crippen molar-refractivity contribution in [2.45, 2.75) is 6.92 Å². The van der Waals surface area contributed by atoms with E-state index < -0.39 is 5.82 Å². The van der Waals surface area contributed by atoms with Gasteiger partial charge in [-0.2, -0.15) is 0 Å². The molecule has 1 heterocycles. The lowest BCUT2D eigenvalue weighted by Gasteiger charge is -2.29. The molecule has 80 valence electrons. The van der Waals surface area contributed by atoms with Crippen LogP contribution in [0.25, 0.3) is 0 Å². The van der Waals surface area contributed by atoms with Crippen molar-refractivity contribution in [3.63, 3.8) is 0 Å². The highest BCUT2D eigenvalue weighted by Gasteiger charge is 2.22. The van der Waals surface area contributed by atoms with Crippen molar-refractivity contribution in [3.05, 3.63) is 23.0 Å². The molecule has 1 aromatic rings. The molecule has 0 spiro atoms. The van der Waals surface area contributed by atoms with Gasteiger partial charge in [0.05, 0.1) is 22.9 Å². The average Bonchev–Trinajstić information content (AvgIpc) is 2.19. The highest BCUT2D eigenvalue weighted by Crippen LogP contribution is 2.33. The zero-order valence-corrected chi connectivity index (χ0v) is 8.94. The molecule has 0 aliphatic carbocycles. The summed E-state index contributed by atoms with van der Waals surface area (Å²) in [6, 6.07) is 2.78. The Kier molecular flexibility index (Phi) is 2.52. The Morgan fingerprint density at radius 3 is 3.00 bits per heavy atom. The van der Waals surface area contributed by atoms with Gasteiger partial charge in [-0.15, -0.1) is 0 Å². The zero-order chi connectivity index (χ0) is 11.0. The minimum Gasteiger partial charge on any atom is -0.361 e. The summed E-state index contributed by atoms with van der Waals surface area (Å²) in [7, 11) is 0. The summed E-state index contributed by atoms with van der Waals surface area (Å²) in [5.41, 5.74) is 1.25. The number of fused-ring (bicyclic) bond motifs is 1. The van der Waals surface area contributed by atoms with Crippen molar-refractivity contribution in [3.8, 4) is 0 Å².